The smallest absolute Gasteiger partial charge is 0.0437 e. The molecule has 0 atom stereocenters. The Bertz CT molecular complexity index is 393. The Hall–Kier alpha value is -0.980. The SMILES string of the molecule is Cc1cc(C(C)(C)C)c(N(C)C)c(C(C)(C)C)c1. The van der Waals surface area contributed by atoms with E-state index < -0.39 is 0 Å². The molecule has 0 aromatic heterocycles. The van der Waals surface area contributed by atoms with Crippen LogP contribution in [-0.4, -0.2) is 14.1 Å². The summed E-state index contributed by atoms with van der Waals surface area (Å²) in [6.07, 6.45) is 0. The minimum absolute atomic E-state index is 0.172. The number of benzene rings is 1. The van der Waals surface area contributed by atoms with Crippen molar-refractivity contribution >= 4 is 5.69 Å². The predicted molar refractivity (Wildman–Crippen MR) is 82.9 cm³/mol. The maximum Gasteiger partial charge on any atom is 0.0437 e. The van der Waals surface area contributed by atoms with Gasteiger partial charge in [0, 0.05) is 19.8 Å². The van der Waals surface area contributed by atoms with Crippen molar-refractivity contribution in [1.82, 2.24) is 0 Å². The van der Waals surface area contributed by atoms with Crippen molar-refractivity contribution in [3.05, 3.63) is 28.8 Å². The first kappa shape index (κ1) is 15.1. The van der Waals surface area contributed by atoms with Gasteiger partial charge in [-0.25, -0.2) is 0 Å². The molecule has 0 aliphatic heterocycles. The van der Waals surface area contributed by atoms with E-state index in [4.69, 9.17) is 0 Å². The highest BCUT2D eigenvalue weighted by molar-refractivity contribution is 5.64. The highest BCUT2D eigenvalue weighted by atomic mass is 15.1. The van der Waals surface area contributed by atoms with Gasteiger partial charge in [0.15, 0.2) is 0 Å². The molecule has 1 nitrogen and oxygen atoms in total. The summed E-state index contributed by atoms with van der Waals surface area (Å²) >= 11 is 0. The molecule has 0 N–H and O–H groups in total. The zero-order valence-corrected chi connectivity index (χ0v) is 13.6. The number of nitrogens with zero attached hydrogens (tertiary/aromatic N) is 1. The number of aryl methyl sites for hydroxylation is 1. The van der Waals surface area contributed by atoms with Crippen LogP contribution in [0.4, 0.5) is 5.69 Å². The Morgan fingerprint density at radius 2 is 1.11 bits per heavy atom. The third-order valence-corrected chi connectivity index (χ3v) is 3.32. The molecule has 0 spiro atoms. The summed E-state index contributed by atoms with van der Waals surface area (Å²) < 4.78 is 0. The summed E-state index contributed by atoms with van der Waals surface area (Å²) in [7, 11) is 4.30. The molecular weight excluding hydrogens is 218 g/mol. The van der Waals surface area contributed by atoms with Gasteiger partial charge in [0.1, 0.15) is 0 Å². The number of hydrogen-bond acceptors (Lipinski definition) is 1. The molecule has 0 bridgehead atoms. The third-order valence-electron chi connectivity index (χ3n) is 3.32. The normalized spacial score (nSPS) is 12.7. The van der Waals surface area contributed by atoms with Gasteiger partial charge in [0.25, 0.3) is 0 Å². The zero-order valence-electron chi connectivity index (χ0n) is 13.6. The maximum absolute atomic E-state index is 2.34. The topological polar surface area (TPSA) is 3.24 Å². The van der Waals surface area contributed by atoms with Gasteiger partial charge in [-0.05, 0) is 28.9 Å². The first-order valence-electron chi connectivity index (χ1n) is 6.77. The first-order chi connectivity index (χ1) is 7.94. The van der Waals surface area contributed by atoms with Crippen LogP contribution in [0.25, 0.3) is 0 Å². The summed E-state index contributed by atoms with van der Waals surface area (Å²) in [4.78, 5) is 2.26. The molecule has 1 heteroatoms. The molecule has 1 aromatic rings. The minimum atomic E-state index is 0.172. The van der Waals surface area contributed by atoms with Crippen LogP contribution in [0.15, 0.2) is 12.1 Å². The van der Waals surface area contributed by atoms with Crippen molar-refractivity contribution in [3.63, 3.8) is 0 Å². The van der Waals surface area contributed by atoms with Gasteiger partial charge in [0.2, 0.25) is 0 Å². The molecular formula is C17H29N. The molecule has 0 radical (unpaired) electrons. The van der Waals surface area contributed by atoms with Crippen LogP contribution in [0.5, 0.6) is 0 Å². The molecule has 1 aromatic carbocycles. The fourth-order valence-corrected chi connectivity index (χ4v) is 2.40. The largest absolute Gasteiger partial charge is 0.377 e. The quantitative estimate of drug-likeness (QED) is 0.698. The lowest BCUT2D eigenvalue weighted by Gasteiger charge is -2.34. The van der Waals surface area contributed by atoms with Crippen LogP contribution >= 0.6 is 0 Å². The van der Waals surface area contributed by atoms with Crippen molar-refractivity contribution in [3.8, 4) is 0 Å². The fraction of sp³-hybridized carbons (Fsp3) is 0.647. The van der Waals surface area contributed by atoms with E-state index >= 15 is 0 Å². The summed E-state index contributed by atoms with van der Waals surface area (Å²) in [6, 6.07) is 4.68. The second-order valence-electron chi connectivity index (χ2n) is 7.60. The molecule has 0 amide bonds. The maximum atomic E-state index is 2.34. The summed E-state index contributed by atoms with van der Waals surface area (Å²) in [5, 5.41) is 0. The van der Waals surface area contributed by atoms with Crippen LogP contribution in [-0.2, 0) is 10.8 Å². The number of hydrogen-bond donors (Lipinski definition) is 0. The monoisotopic (exact) mass is 247 g/mol. The van der Waals surface area contributed by atoms with E-state index in [9.17, 15) is 0 Å². The number of rotatable bonds is 1. The van der Waals surface area contributed by atoms with E-state index in [2.05, 4.69) is 79.6 Å². The molecule has 102 valence electrons. The second-order valence-corrected chi connectivity index (χ2v) is 7.60. The van der Waals surface area contributed by atoms with Gasteiger partial charge in [-0.15, -0.1) is 0 Å². The summed E-state index contributed by atoms with van der Waals surface area (Å²) in [5.74, 6) is 0. The van der Waals surface area contributed by atoms with Gasteiger partial charge >= 0.3 is 0 Å². The van der Waals surface area contributed by atoms with Crippen LogP contribution in [0.3, 0.4) is 0 Å². The second kappa shape index (κ2) is 4.60. The minimum Gasteiger partial charge on any atom is -0.377 e. The predicted octanol–water partition coefficient (Wildman–Crippen LogP) is 4.66. The first-order valence-corrected chi connectivity index (χ1v) is 6.77. The van der Waals surface area contributed by atoms with E-state index in [0.717, 1.165) is 0 Å². The van der Waals surface area contributed by atoms with Crippen molar-refractivity contribution < 1.29 is 0 Å². The highest BCUT2D eigenvalue weighted by Crippen LogP contribution is 2.40. The van der Waals surface area contributed by atoms with Gasteiger partial charge in [-0.2, -0.15) is 0 Å². The van der Waals surface area contributed by atoms with Crippen LogP contribution < -0.4 is 4.90 Å². The zero-order chi connectivity index (χ0) is 14.3. The average Bonchev–Trinajstić information content (AvgIpc) is 2.12. The fourth-order valence-electron chi connectivity index (χ4n) is 2.40. The van der Waals surface area contributed by atoms with Crippen molar-refractivity contribution in [2.45, 2.75) is 59.3 Å². The lowest BCUT2D eigenvalue weighted by molar-refractivity contribution is 0.567. The van der Waals surface area contributed by atoms with Gasteiger partial charge in [0.05, 0.1) is 0 Å². The van der Waals surface area contributed by atoms with E-state index in [1.807, 2.05) is 0 Å². The van der Waals surface area contributed by atoms with Crippen LogP contribution in [0, 0.1) is 6.92 Å². The van der Waals surface area contributed by atoms with Crippen molar-refractivity contribution in [2.75, 3.05) is 19.0 Å². The molecule has 18 heavy (non-hydrogen) atoms. The molecule has 0 saturated heterocycles. The van der Waals surface area contributed by atoms with Gasteiger partial charge in [-0.1, -0.05) is 59.2 Å². The Balaban J connectivity index is 3.68. The molecule has 0 heterocycles. The van der Waals surface area contributed by atoms with Gasteiger partial charge in [-0.3, -0.25) is 0 Å². The Morgan fingerprint density at radius 3 is 1.33 bits per heavy atom. The molecule has 1 rings (SSSR count). The summed E-state index contributed by atoms with van der Waals surface area (Å²) in [5.41, 5.74) is 5.97. The van der Waals surface area contributed by atoms with E-state index in [1.54, 1.807) is 0 Å². The average molecular weight is 247 g/mol. The highest BCUT2D eigenvalue weighted by Gasteiger charge is 2.26. The Labute approximate surface area is 113 Å². The molecule has 0 saturated carbocycles. The molecule has 0 unspecified atom stereocenters. The third kappa shape index (κ3) is 3.07. The molecule has 0 fully saturated rings. The Kier molecular flexibility index (Phi) is 3.86. The van der Waals surface area contributed by atoms with Crippen LogP contribution in [0.1, 0.15) is 58.2 Å². The van der Waals surface area contributed by atoms with Crippen LogP contribution in [0.2, 0.25) is 0 Å². The van der Waals surface area contributed by atoms with E-state index in [1.165, 1.54) is 22.4 Å². The van der Waals surface area contributed by atoms with E-state index in [-0.39, 0.29) is 10.8 Å². The Morgan fingerprint density at radius 1 is 0.778 bits per heavy atom. The lowest BCUT2D eigenvalue weighted by Crippen LogP contribution is -2.25. The lowest BCUT2D eigenvalue weighted by atomic mass is 9.77. The van der Waals surface area contributed by atoms with Gasteiger partial charge < -0.3 is 4.90 Å². The molecule has 0 aliphatic carbocycles. The summed E-state index contributed by atoms with van der Waals surface area (Å²) in [6.45, 7) is 16.0. The number of anilines is 1. The van der Waals surface area contributed by atoms with Crippen molar-refractivity contribution in [2.24, 2.45) is 0 Å². The molecule has 0 aliphatic rings. The van der Waals surface area contributed by atoms with E-state index in [0.29, 0.717) is 0 Å². The standard InChI is InChI=1S/C17H29N/c1-12-10-13(16(2,3)4)15(18(8)9)14(11-12)17(5,6)7/h10-11H,1-9H3. The van der Waals surface area contributed by atoms with Crippen molar-refractivity contribution in [1.29, 1.82) is 0 Å².